The number of guanidine groups is 1. The van der Waals surface area contributed by atoms with E-state index in [1.165, 1.54) is 10.5 Å². The van der Waals surface area contributed by atoms with Crippen LogP contribution < -0.4 is 15.4 Å². The maximum atomic E-state index is 12.6. The molecule has 1 aliphatic carbocycles. The number of likely N-dealkylation sites (tertiary alicyclic amines) is 1. The molecule has 0 bridgehead atoms. The Labute approximate surface area is 164 Å². The van der Waals surface area contributed by atoms with E-state index in [1.807, 2.05) is 25.1 Å². The number of rotatable bonds is 7. The Balaban J connectivity index is 1.62. The van der Waals surface area contributed by atoms with Gasteiger partial charge in [0.2, 0.25) is 0 Å². The second-order valence-electron chi connectivity index (χ2n) is 7.66. The maximum absolute atomic E-state index is 12.6. The number of halogens is 3. The summed E-state index contributed by atoms with van der Waals surface area (Å²) in [4.78, 5) is 6.20. The van der Waals surface area contributed by atoms with Crippen LogP contribution in [0.4, 0.5) is 13.2 Å². The second kappa shape index (κ2) is 8.59. The fraction of sp³-hybridized carbons (Fsp3) is 0.650. The van der Waals surface area contributed by atoms with E-state index in [1.54, 1.807) is 7.11 Å². The zero-order chi connectivity index (χ0) is 20.2. The lowest BCUT2D eigenvalue weighted by molar-refractivity contribution is -0.143. The van der Waals surface area contributed by atoms with Gasteiger partial charge in [-0.05, 0) is 32.3 Å². The van der Waals surface area contributed by atoms with E-state index in [0.29, 0.717) is 38.6 Å². The maximum Gasteiger partial charge on any atom is 0.401 e. The number of benzene rings is 1. The lowest BCUT2D eigenvalue weighted by Gasteiger charge is -2.21. The standard InChI is InChI=1S/C20H29F3N4O/c1-3-24-18(26-15-8-11-27(12-15)14-20(21,22)23)25-13-19(9-10-19)16-6-4-5-7-17(16)28-2/h4-7,15H,3,8-14H2,1-2H3,(H2,24,25,26). The van der Waals surface area contributed by atoms with Crippen molar-refractivity contribution in [3.8, 4) is 5.75 Å². The Kier molecular flexibility index (Phi) is 6.37. The molecule has 1 aromatic carbocycles. The quantitative estimate of drug-likeness (QED) is 0.548. The highest BCUT2D eigenvalue weighted by Gasteiger charge is 2.46. The van der Waals surface area contributed by atoms with Crippen molar-refractivity contribution in [3.63, 3.8) is 0 Å². The summed E-state index contributed by atoms with van der Waals surface area (Å²) in [6.45, 7) is 3.28. The highest BCUT2D eigenvalue weighted by Crippen LogP contribution is 2.51. The third kappa shape index (κ3) is 5.31. The van der Waals surface area contributed by atoms with E-state index in [0.717, 1.165) is 18.6 Å². The predicted octanol–water partition coefficient (Wildman–Crippen LogP) is 2.92. The lowest BCUT2D eigenvalue weighted by Crippen LogP contribution is -2.45. The highest BCUT2D eigenvalue weighted by molar-refractivity contribution is 5.80. The molecule has 1 atom stereocenters. The van der Waals surface area contributed by atoms with E-state index in [9.17, 15) is 13.2 Å². The van der Waals surface area contributed by atoms with Crippen LogP contribution in [0, 0.1) is 0 Å². The van der Waals surface area contributed by atoms with Crippen molar-refractivity contribution in [3.05, 3.63) is 29.8 Å². The first-order chi connectivity index (χ1) is 13.3. The van der Waals surface area contributed by atoms with E-state index in [-0.39, 0.29) is 11.5 Å². The minimum atomic E-state index is -4.15. The molecule has 156 valence electrons. The van der Waals surface area contributed by atoms with Crippen LogP contribution >= 0.6 is 0 Å². The van der Waals surface area contributed by atoms with Crippen molar-refractivity contribution < 1.29 is 17.9 Å². The molecule has 1 heterocycles. The molecule has 2 fully saturated rings. The fourth-order valence-corrected chi connectivity index (χ4v) is 3.84. The molecule has 0 amide bonds. The zero-order valence-corrected chi connectivity index (χ0v) is 16.5. The Bertz CT molecular complexity index is 688. The van der Waals surface area contributed by atoms with Crippen molar-refractivity contribution in [1.29, 1.82) is 0 Å². The summed E-state index contributed by atoms with van der Waals surface area (Å²) in [5, 5.41) is 6.53. The molecule has 1 aliphatic heterocycles. The Morgan fingerprint density at radius 1 is 1.32 bits per heavy atom. The molecule has 5 nitrogen and oxygen atoms in total. The highest BCUT2D eigenvalue weighted by atomic mass is 19.4. The fourth-order valence-electron chi connectivity index (χ4n) is 3.84. The minimum absolute atomic E-state index is 0.00699. The number of hydrogen-bond acceptors (Lipinski definition) is 3. The largest absolute Gasteiger partial charge is 0.496 e. The van der Waals surface area contributed by atoms with Crippen LogP contribution in [0.5, 0.6) is 5.75 Å². The van der Waals surface area contributed by atoms with Crippen molar-refractivity contribution >= 4 is 5.96 Å². The lowest BCUT2D eigenvalue weighted by atomic mass is 9.95. The first kappa shape index (κ1) is 20.8. The second-order valence-corrected chi connectivity index (χ2v) is 7.66. The topological polar surface area (TPSA) is 48.9 Å². The van der Waals surface area contributed by atoms with Crippen LogP contribution in [0.1, 0.15) is 31.7 Å². The van der Waals surface area contributed by atoms with Gasteiger partial charge in [0.1, 0.15) is 5.75 Å². The number of methoxy groups -OCH3 is 1. The molecular formula is C20H29F3N4O. The van der Waals surface area contributed by atoms with Gasteiger partial charge in [0, 0.05) is 36.7 Å². The third-order valence-corrected chi connectivity index (χ3v) is 5.43. The van der Waals surface area contributed by atoms with Gasteiger partial charge in [0.25, 0.3) is 0 Å². The molecule has 0 aromatic heterocycles. The number of nitrogens with one attached hydrogen (secondary N) is 2. The van der Waals surface area contributed by atoms with Gasteiger partial charge < -0.3 is 15.4 Å². The molecule has 2 N–H and O–H groups in total. The monoisotopic (exact) mass is 398 g/mol. The molecule has 8 heteroatoms. The van der Waals surface area contributed by atoms with Gasteiger partial charge in [-0.25, -0.2) is 0 Å². The summed E-state index contributed by atoms with van der Waals surface area (Å²) in [6.07, 6.45) is -1.36. The Morgan fingerprint density at radius 3 is 2.71 bits per heavy atom. The van der Waals surface area contributed by atoms with Crippen LogP contribution in [-0.4, -0.2) is 62.9 Å². The number of alkyl halides is 3. The van der Waals surface area contributed by atoms with E-state index in [4.69, 9.17) is 9.73 Å². The minimum Gasteiger partial charge on any atom is -0.496 e. The summed E-state index contributed by atoms with van der Waals surface area (Å²) in [7, 11) is 1.68. The molecule has 1 saturated heterocycles. The summed E-state index contributed by atoms with van der Waals surface area (Å²) in [5.41, 5.74) is 1.17. The number of nitrogens with zero attached hydrogens (tertiary/aromatic N) is 2. The molecular weight excluding hydrogens is 369 g/mol. The number of para-hydroxylation sites is 1. The van der Waals surface area contributed by atoms with Crippen LogP contribution in [-0.2, 0) is 5.41 Å². The predicted molar refractivity (Wildman–Crippen MR) is 104 cm³/mol. The smallest absolute Gasteiger partial charge is 0.401 e. The first-order valence-electron chi connectivity index (χ1n) is 9.83. The summed E-state index contributed by atoms with van der Waals surface area (Å²) in [5.74, 6) is 1.55. The Hall–Kier alpha value is -1.96. The van der Waals surface area contributed by atoms with Gasteiger partial charge in [0.15, 0.2) is 5.96 Å². The van der Waals surface area contributed by atoms with Crippen LogP contribution in [0.15, 0.2) is 29.3 Å². The zero-order valence-electron chi connectivity index (χ0n) is 16.5. The van der Waals surface area contributed by atoms with Crippen molar-refractivity contribution in [2.45, 2.75) is 43.8 Å². The van der Waals surface area contributed by atoms with E-state index in [2.05, 4.69) is 16.7 Å². The normalized spacial score (nSPS) is 22.2. The molecule has 1 aromatic rings. The number of ether oxygens (including phenoxy) is 1. The van der Waals surface area contributed by atoms with E-state index >= 15 is 0 Å². The van der Waals surface area contributed by atoms with Gasteiger partial charge in [-0.2, -0.15) is 13.2 Å². The average Bonchev–Trinajstić information content (AvgIpc) is 3.32. The SMILES string of the molecule is CCNC(=NCC1(c2ccccc2OC)CC1)NC1CCN(CC(F)(F)F)C1. The summed E-state index contributed by atoms with van der Waals surface area (Å²) in [6, 6.07) is 8.00. The molecule has 0 spiro atoms. The first-order valence-corrected chi connectivity index (χ1v) is 9.83. The number of aliphatic imine (C=N–C) groups is 1. The molecule has 28 heavy (non-hydrogen) atoms. The van der Waals surface area contributed by atoms with E-state index < -0.39 is 12.7 Å². The van der Waals surface area contributed by atoms with Gasteiger partial charge in [-0.15, -0.1) is 0 Å². The van der Waals surface area contributed by atoms with Crippen LogP contribution in [0.3, 0.4) is 0 Å². The van der Waals surface area contributed by atoms with Gasteiger partial charge in [-0.1, -0.05) is 18.2 Å². The van der Waals surface area contributed by atoms with Gasteiger partial charge in [-0.3, -0.25) is 9.89 Å². The average molecular weight is 398 g/mol. The Morgan fingerprint density at radius 2 is 2.07 bits per heavy atom. The van der Waals surface area contributed by atoms with Crippen molar-refractivity contribution in [1.82, 2.24) is 15.5 Å². The molecule has 2 aliphatic rings. The number of hydrogen-bond donors (Lipinski definition) is 2. The van der Waals surface area contributed by atoms with Gasteiger partial charge >= 0.3 is 6.18 Å². The van der Waals surface area contributed by atoms with Crippen molar-refractivity contribution in [2.24, 2.45) is 4.99 Å². The van der Waals surface area contributed by atoms with Crippen molar-refractivity contribution in [2.75, 3.05) is 39.8 Å². The van der Waals surface area contributed by atoms with Gasteiger partial charge in [0.05, 0.1) is 20.2 Å². The third-order valence-electron chi connectivity index (χ3n) is 5.43. The molecule has 1 unspecified atom stereocenters. The van der Waals surface area contributed by atoms with Crippen LogP contribution in [0.25, 0.3) is 0 Å². The summed E-state index contributed by atoms with van der Waals surface area (Å²) < 4.78 is 43.3. The summed E-state index contributed by atoms with van der Waals surface area (Å²) >= 11 is 0. The molecule has 0 radical (unpaired) electrons. The molecule has 3 rings (SSSR count). The van der Waals surface area contributed by atoms with Crippen LogP contribution in [0.2, 0.25) is 0 Å². The molecule has 1 saturated carbocycles.